The fraction of sp³-hybridized carbons (Fsp3) is 0.462. The normalized spacial score (nSPS) is 12.8. The van der Waals surface area contributed by atoms with Crippen molar-refractivity contribution in [1.29, 1.82) is 0 Å². The van der Waals surface area contributed by atoms with Gasteiger partial charge >= 0.3 is 12.1 Å². The molecule has 0 N–H and O–H groups in total. The van der Waals surface area contributed by atoms with Crippen molar-refractivity contribution in [3.05, 3.63) is 45.5 Å². The first-order valence-electron chi connectivity index (χ1n) is 6.18. The minimum atomic E-state index is -4.47. The molecule has 0 amide bonds. The highest BCUT2D eigenvalue weighted by atomic mass is 19.4. The summed E-state index contributed by atoms with van der Waals surface area (Å²) in [5.74, 6) is -1.44. The van der Waals surface area contributed by atoms with Crippen LogP contribution in [-0.2, 0) is 15.7 Å². The Morgan fingerprint density at radius 2 is 1.90 bits per heavy atom. The Hall–Kier alpha value is -2.12. The molecule has 8 heteroatoms. The highest BCUT2D eigenvalue weighted by Crippen LogP contribution is 2.30. The number of halogens is 3. The molecule has 1 atom stereocenters. The lowest BCUT2D eigenvalue weighted by Crippen LogP contribution is -2.18. The van der Waals surface area contributed by atoms with Crippen LogP contribution in [0.2, 0.25) is 0 Å². The van der Waals surface area contributed by atoms with Gasteiger partial charge in [-0.1, -0.05) is 12.1 Å². The van der Waals surface area contributed by atoms with E-state index in [0.717, 1.165) is 24.3 Å². The van der Waals surface area contributed by atoms with Gasteiger partial charge in [0.2, 0.25) is 6.54 Å². The Morgan fingerprint density at radius 3 is 2.33 bits per heavy atom. The molecular weight excluding hydrogens is 291 g/mol. The molecule has 0 saturated carbocycles. The summed E-state index contributed by atoms with van der Waals surface area (Å²) in [4.78, 5) is 21.4. The summed E-state index contributed by atoms with van der Waals surface area (Å²) < 4.78 is 42.1. The molecule has 0 heterocycles. The van der Waals surface area contributed by atoms with Crippen LogP contribution in [0.5, 0.6) is 0 Å². The van der Waals surface area contributed by atoms with Gasteiger partial charge in [0.25, 0.3) is 0 Å². The molecule has 0 spiro atoms. The molecule has 1 rings (SSSR count). The first kappa shape index (κ1) is 16.9. The Morgan fingerprint density at radius 1 is 1.33 bits per heavy atom. The Bertz CT molecular complexity index is 499. The molecule has 5 nitrogen and oxygen atoms in total. The van der Waals surface area contributed by atoms with Crippen molar-refractivity contribution in [2.45, 2.75) is 25.4 Å². The summed E-state index contributed by atoms with van der Waals surface area (Å²) in [5.41, 5.74) is -0.546. The van der Waals surface area contributed by atoms with Crippen molar-refractivity contribution in [1.82, 2.24) is 0 Å². The van der Waals surface area contributed by atoms with Crippen molar-refractivity contribution in [3.8, 4) is 0 Å². The summed E-state index contributed by atoms with van der Waals surface area (Å²) in [5, 5.41) is 10.6. The number of nitrogens with zero attached hydrogens (tertiary/aromatic N) is 1. The van der Waals surface area contributed by atoms with E-state index in [1.165, 1.54) is 0 Å². The highest BCUT2D eigenvalue weighted by Gasteiger charge is 2.31. The quantitative estimate of drug-likeness (QED) is 0.460. The molecule has 0 aliphatic carbocycles. The van der Waals surface area contributed by atoms with Gasteiger partial charge in [0.15, 0.2) is 0 Å². The van der Waals surface area contributed by atoms with E-state index >= 15 is 0 Å². The van der Waals surface area contributed by atoms with Crippen LogP contribution in [0.25, 0.3) is 0 Å². The maximum absolute atomic E-state index is 12.5. The average molecular weight is 305 g/mol. The van der Waals surface area contributed by atoms with E-state index in [-0.39, 0.29) is 13.0 Å². The molecule has 0 aliphatic heterocycles. The Balaban J connectivity index is 2.92. The third-order valence-corrected chi connectivity index (χ3v) is 2.80. The number of hydrogen-bond donors (Lipinski definition) is 0. The van der Waals surface area contributed by atoms with E-state index < -0.39 is 35.1 Å². The first-order chi connectivity index (χ1) is 9.74. The molecule has 21 heavy (non-hydrogen) atoms. The lowest BCUT2D eigenvalue weighted by atomic mass is 9.95. The smallest absolute Gasteiger partial charge is 0.416 e. The van der Waals surface area contributed by atoms with Gasteiger partial charge < -0.3 is 4.74 Å². The van der Waals surface area contributed by atoms with E-state index in [9.17, 15) is 28.1 Å². The van der Waals surface area contributed by atoms with E-state index in [0.29, 0.717) is 5.56 Å². The van der Waals surface area contributed by atoms with Crippen molar-refractivity contribution in [3.63, 3.8) is 0 Å². The summed E-state index contributed by atoms with van der Waals surface area (Å²) in [7, 11) is 0. The fourth-order valence-electron chi connectivity index (χ4n) is 1.83. The Labute approximate surface area is 118 Å². The molecule has 1 aromatic rings. The number of benzene rings is 1. The van der Waals surface area contributed by atoms with E-state index in [1.807, 2.05) is 0 Å². The highest BCUT2D eigenvalue weighted by molar-refractivity contribution is 5.70. The van der Waals surface area contributed by atoms with Crippen molar-refractivity contribution >= 4 is 5.97 Å². The number of alkyl halides is 3. The van der Waals surface area contributed by atoms with Crippen LogP contribution in [-0.4, -0.2) is 24.0 Å². The standard InChI is InChI=1S/C13H14F3NO4/c1-2-21-12(18)7-10(8-17(19)20)9-3-5-11(6-4-9)13(14,15)16/h3-6,10H,2,7-8H2,1H3. The van der Waals surface area contributed by atoms with Crippen LogP contribution in [0.4, 0.5) is 13.2 Å². The van der Waals surface area contributed by atoms with Gasteiger partial charge in [0.05, 0.1) is 24.5 Å². The molecular formula is C13H14F3NO4. The zero-order valence-corrected chi connectivity index (χ0v) is 11.2. The van der Waals surface area contributed by atoms with Crippen LogP contribution < -0.4 is 0 Å². The minimum Gasteiger partial charge on any atom is -0.466 e. The van der Waals surface area contributed by atoms with Gasteiger partial charge in [-0.2, -0.15) is 13.2 Å². The monoisotopic (exact) mass is 305 g/mol. The van der Waals surface area contributed by atoms with E-state index in [1.54, 1.807) is 6.92 Å². The third kappa shape index (κ3) is 5.41. The van der Waals surface area contributed by atoms with Gasteiger partial charge in [-0.15, -0.1) is 0 Å². The molecule has 0 bridgehead atoms. The largest absolute Gasteiger partial charge is 0.466 e. The van der Waals surface area contributed by atoms with Crippen LogP contribution in [0.1, 0.15) is 30.4 Å². The number of hydrogen-bond acceptors (Lipinski definition) is 4. The molecule has 1 aromatic carbocycles. The number of carbonyl (C=O) groups excluding carboxylic acids is 1. The summed E-state index contributed by atoms with van der Waals surface area (Å²) in [6.45, 7) is 1.18. The SMILES string of the molecule is CCOC(=O)CC(C[N+](=O)[O-])c1ccc(C(F)(F)F)cc1. The van der Waals surface area contributed by atoms with Gasteiger partial charge in [0.1, 0.15) is 0 Å². The first-order valence-corrected chi connectivity index (χ1v) is 6.18. The lowest BCUT2D eigenvalue weighted by Gasteiger charge is -2.14. The average Bonchev–Trinajstić information content (AvgIpc) is 2.37. The van der Waals surface area contributed by atoms with Crippen LogP contribution >= 0.6 is 0 Å². The summed E-state index contributed by atoms with van der Waals surface area (Å²) >= 11 is 0. The van der Waals surface area contributed by atoms with Gasteiger partial charge in [0, 0.05) is 4.92 Å². The maximum atomic E-state index is 12.5. The van der Waals surface area contributed by atoms with Crippen LogP contribution in [0.3, 0.4) is 0 Å². The molecule has 0 radical (unpaired) electrons. The van der Waals surface area contributed by atoms with Gasteiger partial charge in [-0.05, 0) is 24.6 Å². The lowest BCUT2D eigenvalue weighted by molar-refractivity contribution is -0.483. The van der Waals surface area contributed by atoms with Gasteiger partial charge in [-0.25, -0.2) is 0 Å². The van der Waals surface area contributed by atoms with Crippen molar-refractivity contribution in [2.24, 2.45) is 0 Å². The topological polar surface area (TPSA) is 69.4 Å². The number of carbonyl (C=O) groups is 1. The maximum Gasteiger partial charge on any atom is 0.416 e. The summed E-state index contributed by atoms with van der Waals surface area (Å²) in [6, 6.07) is 3.98. The second kappa shape index (κ2) is 7.05. The zero-order valence-electron chi connectivity index (χ0n) is 11.2. The fourth-order valence-corrected chi connectivity index (χ4v) is 1.83. The Kier molecular flexibility index (Phi) is 5.69. The van der Waals surface area contributed by atoms with Crippen molar-refractivity contribution in [2.75, 3.05) is 13.2 Å². The molecule has 0 saturated heterocycles. The second-order valence-electron chi connectivity index (χ2n) is 4.34. The number of esters is 1. The van der Waals surface area contributed by atoms with E-state index in [4.69, 9.17) is 4.74 Å². The molecule has 116 valence electrons. The van der Waals surface area contributed by atoms with Crippen LogP contribution in [0.15, 0.2) is 24.3 Å². The van der Waals surface area contributed by atoms with E-state index in [2.05, 4.69) is 0 Å². The second-order valence-corrected chi connectivity index (χ2v) is 4.34. The number of ether oxygens (including phenoxy) is 1. The zero-order chi connectivity index (χ0) is 16.0. The third-order valence-electron chi connectivity index (χ3n) is 2.80. The minimum absolute atomic E-state index is 0.136. The molecule has 0 aromatic heterocycles. The predicted octanol–water partition coefficient (Wildman–Crippen LogP) is 3.02. The number of rotatable bonds is 6. The van der Waals surface area contributed by atoms with Crippen molar-refractivity contribution < 1.29 is 27.6 Å². The van der Waals surface area contributed by atoms with Gasteiger partial charge in [-0.3, -0.25) is 14.9 Å². The summed E-state index contributed by atoms with van der Waals surface area (Å²) in [6.07, 6.45) is -4.72. The molecule has 0 fully saturated rings. The molecule has 1 unspecified atom stereocenters. The predicted molar refractivity (Wildman–Crippen MR) is 67.3 cm³/mol. The molecule has 0 aliphatic rings. The van der Waals surface area contributed by atoms with Crippen LogP contribution in [0, 0.1) is 10.1 Å². The number of nitro groups is 1.